The molecule has 0 spiro atoms. The lowest BCUT2D eigenvalue weighted by Gasteiger charge is -2.50. The number of nitrogens with one attached hydrogen (secondary N) is 1. The lowest BCUT2D eigenvalue weighted by atomic mass is 9.75. The molecule has 2 rings (SSSR count). The van der Waals surface area contributed by atoms with E-state index < -0.39 is 0 Å². The number of rotatable bonds is 7. The summed E-state index contributed by atoms with van der Waals surface area (Å²) in [5.41, 5.74) is 0.227. The van der Waals surface area contributed by atoms with Crippen LogP contribution in [0.4, 0.5) is 0 Å². The smallest absolute Gasteiger partial charge is 0.241 e. The average Bonchev–Trinajstić information content (AvgIpc) is 2.62. The highest BCUT2D eigenvalue weighted by Crippen LogP contribution is 2.38. The first-order valence-electron chi connectivity index (χ1n) is 8.28. The Morgan fingerprint density at radius 3 is 2.35 bits per heavy atom. The fraction of sp³-hybridized carbons (Fsp3) is 0.938. The Balaban J connectivity index is 2.08. The highest BCUT2D eigenvalue weighted by Gasteiger charge is 2.46. The van der Waals surface area contributed by atoms with Gasteiger partial charge in [0.15, 0.2) is 0 Å². The van der Waals surface area contributed by atoms with Crippen molar-refractivity contribution >= 4 is 5.91 Å². The third-order valence-corrected chi connectivity index (χ3v) is 5.19. The van der Waals surface area contributed by atoms with Gasteiger partial charge in [0.05, 0.1) is 12.2 Å². The molecule has 1 aliphatic carbocycles. The second-order valence-corrected chi connectivity index (χ2v) is 6.75. The molecule has 1 saturated heterocycles. The van der Waals surface area contributed by atoms with Gasteiger partial charge in [0.2, 0.25) is 5.91 Å². The van der Waals surface area contributed by atoms with Crippen LogP contribution < -0.4 is 5.32 Å². The third kappa shape index (κ3) is 2.86. The number of amides is 1. The van der Waals surface area contributed by atoms with E-state index in [0.717, 1.165) is 32.2 Å². The summed E-state index contributed by atoms with van der Waals surface area (Å²) in [6.45, 7) is 5.25. The molecule has 0 radical (unpaired) electrons. The Hall–Kier alpha value is -0.610. The molecule has 4 heteroatoms. The largest absolute Gasteiger partial charge is 0.324 e. The van der Waals surface area contributed by atoms with Gasteiger partial charge in [0, 0.05) is 12.1 Å². The predicted octanol–water partition coefficient (Wildman–Crippen LogP) is 2.20. The molecular weight excluding hydrogens is 250 g/mol. The molecule has 20 heavy (non-hydrogen) atoms. The monoisotopic (exact) mass is 281 g/mol. The number of likely N-dealkylation sites (N-methyl/N-ethyl adjacent to an activating group) is 1. The van der Waals surface area contributed by atoms with Crippen molar-refractivity contribution in [2.24, 2.45) is 0 Å². The highest BCUT2D eigenvalue weighted by atomic mass is 16.2. The average molecular weight is 281 g/mol. The summed E-state index contributed by atoms with van der Waals surface area (Å²) in [5.74, 6) is 0.332. The van der Waals surface area contributed by atoms with Gasteiger partial charge in [-0.3, -0.25) is 10.1 Å². The lowest BCUT2D eigenvalue weighted by molar-refractivity contribution is -0.133. The Labute approximate surface area is 123 Å². The quantitative estimate of drug-likeness (QED) is 0.777. The van der Waals surface area contributed by atoms with Crippen molar-refractivity contribution < 1.29 is 4.79 Å². The number of hydrogen-bond acceptors (Lipinski definition) is 3. The van der Waals surface area contributed by atoms with Crippen molar-refractivity contribution in [3.05, 3.63) is 0 Å². The Morgan fingerprint density at radius 1 is 1.25 bits per heavy atom. The maximum atomic E-state index is 12.7. The number of nitrogens with zero attached hydrogens (tertiary/aromatic N) is 2. The maximum Gasteiger partial charge on any atom is 0.241 e. The zero-order valence-corrected chi connectivity index (χ0v) is 13.6. The zero-order chi connectivity index (χ0) is 14.8. The highest BCUT2D eigenvalue weighted by molar-refractivity contribution is 5.84. The molecule has 2 fully saturated rings. The van der Waals surface area contributed by atoms with Gasteiger partial charge in [0.1, 0.15) is 0 Å². The van der Waals surface area contributed by atoms with E-state index in [4.69, 9.17) is 0 Å². The van der Waals surface area contributed by atoms with Crippen molar-refractivity contribution in [2.75, 3.05) is 20.6 Å². The van der Waals surface area contributed by atoms with Gasteiger partial charge in [0.25, 0.3) is 0 Å². The van der Waals surface area contributed by atoms with Crippen LogP contribution in [0, 0.1) is 0 Å². The number of hydrogen-bond donors (Lipinski definition) is 1. The zero-order valence-electron chi connectivity index (χ0n) is 13.6. The molecular formula is C16H31N3O. The molecule has 0 bridgehead atoms. The molecule has 2 aliphatic rings. The molecule has 2 atom stereocenters. The van der Waals surface area contributed by atoms with Gasteiger partial charge < -0.3 is 9.80 Å². The van der Waals surface area contributed by atoms with E-state index in [9.17, 15) is 4.79 Å². The normalized spacial score (nSPS) is 29.1. The van der Waals surface area contributed by atoms with Gasteiger partial charge in [-0.1, -0.05) is 26.7 Å². The summed E-state index contributed by atoms with van der Waals surface area (Å²) in [6.07, 6.45) is 8.21. The van der Waals surface area contributed by atoms with E-state index in [0.29, 0.717) is 5.91 Å². The molecule has 0 aromatic heterocycles. The molecule has 4 nitrogen and oxygen atoms in total. The van der Waals surface area contributed by atoms with Gasteiger partial charge >= 0.3 is 0 Å². The summed E-state index contributed by atoms with van der Waals surface area (Å²) in [7, 11) is 4.32. The Bertz CT molecular complexity index is 339. The molecule has 0 aromatic rings. The molecule has 1 amide bonds. The summed E-state index contributed by atoms with van der Waals surface area (Å²) in [5, 5.41) is 3.56. The van der Waals surface area contributed by atoms with E-state index in [1.165, 1.54) is 19.3 Å². The second-order valence-electron chi connectivity index (χ2n) is 6.75. The summed E-state index contributed by atoms with van der Waals surface area (Å²) < 4.78 is 0. The SMILES string of the molecule is CCCC1NC(CCC)N(CC2(N(C)C)CCC2)C1=O. The van der Waals surface area contributed by atoms with Crippen molar-refractivity contribution in [2.45, 2.75) is 76.5 Å². The second kappa shape index (κ2) is 6.44. The molecule has 2 unspecified atom stereocenters. The maximum absolute atomic E-state index is 12.7. The fourth-order valence-electron chi connectivity index (χ4n) is 3.59. The minimum absolute atomic E-state index is 0.0517. The first-order valence-corrected chi connectivity index (χ1v) is 8.28. The van der Waals surface area contributed by atoms with Crippen molar-refractivity contribution in [1.82, 2.24) is 15.1 Å². The van der Waals surface area contributed by atoms with Crippen LogP contribution in [0.15, 0.2) is 0 Å². The van der Waals surface area contributed by atoms with Crippen molar-refractivity contribution in [1.29, 1.82) is 0 Å². The third-order valence-electron chi connectivity index (χ3n) is 5.19. The van der Waals surface area contributed by atoms with Crippen LogP contribution >= 0.6 is 0 Å². The number of carbonyl (C=O) groups is 1. The topological polar surface area (TPSA) is 35.6 Å². The first kappa shape index (κ1) is 15.8. The van der Waals surface area contributed by atoms with E-state index in [-0.39, 0.29) is 17.7 Å². The van der Waals surface area contributed by atoms with Crippen LogP contribution in [-0.2, 0) is 4.79 Å². The predicted molar refractivity (Wildman–Crippen MR) is 82.5 cm³/mol. The Morgan fingerprint density at radius 2 is 1.90 bits per heavy atom. The fourth-order valence-corrected chi connectivity index (χ4v) is 3.59. The molecule has 1 N–H and O–H groups in total. The van der Waals surface area contributed by atoms with Crippen LogP contribution in [0.1, 0.15) is 58.8 Å². The van der Waals surface area contributed by atoms with Crippen LogP contribution in [-0.4, -0.2) is 54.1 Å². The van der Waals surface area contributed by atoms with E-state index >= 15 is 0 Å². The van der Waals surface area contributed by atoms with Crippen LogP contribution in [0.2, 0.25) is 0 Å². The van der Waals surface area contributed by atoms with E-state index in [2.05, 4.69) is 43.1 Å². The van der Waals surface area contributed by atoms with E-state index in [1.54, 1.807) is 0 Å². The molecule has 1 aliphatic heterocycles. The van der Waals surface area contributed by atoms with Gasteiger partial charge in [-0.15, -0.1) is 0 Å². The first-order chi connectivity index (χ1) is 9.54. The molecule has 1 saturated carbocycles. The van der Waals surface area contributed by atoms with Gasteiger partial charge in [-0.2, -0.15) is 0 Å². The summed E-state index contributed by atoms with van der Waals surface area (Å²) >= 11 is 0. The van der Waals surface area contributed by atoms with Gasteiger partial charge in [-0.05, 0) is 46.2 Å². The number of carbonyl (C=O) groups excluding carboxylic acids is 1. The Kier molecular flexibility index (Phi) is 5.08. The summed E-state index contributed by atoms with van der Waals surface area (Å²) in [4.78, 5) is 17.1. The van der Waals surface area contributed by atoms with Crippen molar-refractivity contribution in [3.63, 3.8) is 0 Å². The molecule has 1 heterocycles. The molecule has 0 aromatic carbocycles. The molecule has 116 valence electrons. The van der Waals surface area contributed by atoms with E-state index in [1.807, 2.05) is 0 Å². The minimum Gasteiger partial charge on any atom is -0.324 e. The summed E-state index contributed by atoms with van der Waals surface area (Å²) in [6, 6.07) is 0.0517. The van der Waals surface area contributed by atoms with Crippen LogP contribution in [0.5, 0.6) is 0 Å². The van der Waals surface area contributed by atoms with Crippen molar-refractivity contribution in [3.8, 4) is 0 Å². The van der Waals surface area contributed by atoms with Crippen LogP contribution in [0.3, 0.4) is 0 Å². The van der Waals surface area contributed by atoms with Gasteiger partial charge in [-0.25, -0.2) is 0 Å². The van der Waals surface area contributed by atoms with Crippen LogP contribution in [0.25, 0.3) is 0 Å². The minimum atomic E-state index is 0.0517. The lowest BCUT2D eigenvalue weighted by Crippen LogP contribution is -2.59. The standard InChI is InChI=1S/C16H31N3O/c1-5-8-13-15(20)19(14(17-13)9-6-2)12-16(18(3)4)10-7-11-16/h13-14,17H,5-12H2,1-4H3.